The van der Waals surface area contributed by atoms with Crippen LogP contribution in [0.2, 0.25) is 0 Å². The lowest BCUT2D eigenvalue weighted by molar-refractivity contribution is 0.0218. The van der Waals surface area contributed by atoms with Gasteiger partial charge < -0.3 is 29.1 Å². The fourth-order valence-electron chi connectivity index (χ4n) is 6.34. The third kappa shape index (κ3) is 4.75. The average molecular weight is 610 g/mol. The van der Waals surface area contributed by atoms with Crippen LogP contribution in [0, 0.1) is 0 Å². The largest absolute Gasteiger partial charge is 0.483 e. The van der Waals surface area contributed by atoms with Crippen molar-refractivity contribution in [1.82, 2.24) is 14.9 Å². The maximum Gasteiger partial charge on any atom is 0.407 e. The second-order valence-corrected chi connectivity index (χ2v) is 12.1. The number of hydrogen-bond acceptors (Lipinski definition) is 7. The zero-order chi connectivity index (χ0) is 27.4. The lowest BCUT2D eigenvalue weighted by atomic mass is 10.1. The van der Waals surface area contributed by atoms with Crippen LogP contribution in [-0.4, -0.2) is 70.6 Å². The lowest BCUT2D eigenvalue weighted by Gasteiger charge is -2.34. The molecule has 0 unspecified atom stereocenters. The fourth-order valence-corrected chi connectivity index (χ4v) is 7.06. The summed E-state index contributed by atoms with van der Waals surface area (Å²) in [6.07, 6.45) is 3.60. The summed E-state index contributed by atoms with van der Waals surface area (Å²) in [5.41, 5.74) is 3.00. The molecule has 0 spiro atoms. The molecule has 3 aliphatic heterocycles. The van der Waals surface area contributed by atoms with Crippen molar-refractivity contribution in [3.05, 3.63) is 52.0 Å². The highest BCUT2D eigenvalue weighted by Gasteiger charge is 2.47. The number of aromatic nitrogens is 2. The van der Waals surface area contributed by atoms with Gasteiger partial charge in [-0.1, -0.05) is 30.3 Å². The molecule has 2 bridgehead atoms. The topological polar surface area (TPSA) is 97.3 Å². The number of hydrogen-bond donors (Lipinski definition) is 1. The van der Waals surface area contributed by atoms with Gasteiger partial charge in [-0.2, -0.15) is 9.97 Å². The Morgan fingerprint density at radius 3 is 2.55 bits per heavy atom. The van der Waals surface area contributed by atoms with Gasteiger partial charge in [0, 0.05) is 31.3 Å². The zero-order valence-electron chi connectivity index (χ0n) is 22.5. The first kappa shape index (κ1) is 25.8. The summed E-state index contributed by atoms with van der Waals surface area (Å²) in [5, 5.41) is 10.6. The molecule has 210 valence electrons. The van der Waals surface area contributed by atoms with Crippen molar-refractivity contribution in [3.63, 3.8) is 0 Å². The SMILES string of the molecule is C[C@H](Oc1c(Br)c(C2CC2)cc2c(N3C[C@@H]4C[C@H]3CN4C(=O)O)nc(OC3CCOCC3)nc12)c1ccccc1. The van der Waals surface area contributed by atoms with E-state index in [0.717, 1.165) is 53.3 Å². The van der Waals surface area contributed by atoms with Gasteiger partial charge in [0.15, 0.2) is 5.75 Å². The molecular weight excluding hydrogens is 576 g/mol. The fraction of sp³-hybridized carbons (Fsp3) is 0.500. The Bertz CT molecular complexity index is 1430. The van der Waals surface area contributed by atoms with Gasteiger partial charge in [0.1, 0.15) is 23.5 Å². The van der Waals surface area contributed by atoms with Crippen molar-refractivity contribution in [3.8, 4) is 11.8 Å². The van der Waals surface area contributed by atoms with Crippen molar-refractivity contribution < 1.29 is 24.1 Å². The van der Waals surface area contributed by atoms with E-state index in [1.165, 1.54) is 5.56 Å². The van der Waals surface area contributed by atoms with Gasteiger partial charge >= 0.3 is 12.1 Å². The Morgan fingerprint density at radius 1 is 1.10 bits per heavy atom. The van der Waals surface area contributed by atoms with E-state index < -0.39 is 6.09 Å². The molecule has 4 fully saturated rings. The number of likely N-dealkylation sites (tertiary alicyclic amines) is 1. The molecule has 4 aliphatic rings. The molecule has 2 aromatic carbocycles. The van der Waals surface area contributed by atoms with E-state index in [1.54, 1.807) is 4.90 Å². The highest BCUT2D eigenvalue weighted by Crippen LogP contribution is 2.51. The first-order chi connectivity index (χ1) is 19.5. The summed E-state index contributed by atoms with van der Waals surface area (Å²) in [7, 11) is 0. The van der Waals surface area contributed by atoms with Gasteiger partial charge in [0.05, 0.1) is 29.8 Å². The van der Waals surface area contributed by atoms with E-state index in [4.69, 9.17) is 24.2 Å². The third-order valence-electron chi connectivity index (χ3n) is 8.65. The number of nitrogens with zero attached hydrogens (tertiary/aromatic N) is 4. The van der Waals surface area contributed by atoms with Crippen LogP contribution >= 0.6 is 15.9 Å². The van der Waals surface area contributed by atoms with Crippen LogP contribution in [0.15, 0.2) is 40.9 Å². The number of rotatable bonds is 7. The molecule has 1 amide bonds. The normalized spacial score (nSPS) is 23.6. The van der Waals surface area contributed by atoms with Crippen molar-refractivity contribution in [2.75, 3.05) is 31.2 Å². The molecule has 1 aliphatic carbocycles. The second kappa shape index (κ2) is 10.4. The molecule has 3 aromatic rings. The van der Waals surface area contributed by atoms with Gasteiger partial charge in [-0.15, -0.1) is 0 Å². The van der Waals surface area contributed by atoms with Gasteiger partial charge in [0.25, 0.3) is 0 Å². The maximum atomic E-state index is 11.8. The number of halogens is 1. The molecule has 10 heteroatoms. The molecule has 3 saturated heterocycles. The van der Waals surface area contributed by atoms with Crippen molar-refractivity contribution in [1.29, 1.82) is 0 Å². The molecule has 9 nitrogen and oxygen atoms in total. The first-order valence-electron chi connectivity index (χ1n) is 14.2. The summed E-state index contributed by atoms with van der Waals surface area (Å²) < 4.78 is 19.6. The van der Waals surface area contributed by atoms with Gasteiger partial charge in [-0.25, -0.2) is 4.79 Å². The molecule has 7 rings (SSSR count). The molecule has 1 aromatic heterocycles. The standard InChI is InChI=1S/C30H33BrN4O5/c1-17(18-5-3-2-4-6-18)39-27-25(31)23(19-7-8-19)14-24-26(27)32-29(40-22-9-11-38-12-10-22)33-28(24)34-15-21-13-20(34)16-35(21)30(36)37/h2-6,14,17,19-22H,7-13,15-16H2,1H3,(H,36,37)/t17-,20-,21-/m0/s1. The number of ether oxygens (including phenoxy) is 3. The molecule has 40 heavy (non-hydrogen) atoms. The quantitative estimate of drug-likeness (QED) is 0.353. The highest BCUT2D eigenvalue weighted by molar-refractivity contribution is 9.10. The van der Waals surface area contributed by atoms with E-state index in [2.05, 4.69) is 46.0 Å². The summed E-state index contributed by atoms with van der Waals surface area (Å²) in [4.78, 5) is 25.6. The monoisotopic (exact) mass is 608 g/mol. The number of amides is 1. The molecule has 1 N–H and O–H groups in total. The number of piperazine rings is 1. The van der Waals surface area contributed by atoms with E-state index in [-0.39, 0.29) is 24.3 Å². The van der Waals surface area contributed by atoms with Gasteiger partial charge in [-0.3, -0.25) is 0 Å². The average Bonchev–Trinajstić information content (AvgIpc) is 3.61. The summed E-state index contributed by atoms with van der Waals surface area (Å²) in [6, 6.07) is 12.8. The lowest BCUT2D eigenvalue weighted by Crippen LogP contribution is -2.48. The predicted molar refractivity (Wildman–Crippen MR) is 153 cm³/mol. The number of carboxylic acid groups (broad SMARTS) is 1. The summed E-state index contributed by atoms with van der Waals surface area (Å²) in [6.45, 7) is 4.45. The second-order valence-electron chi connectivity index (χ2n) is 11.3. The van der Waals surface area contributed by atoms with E-state index in [9.17, 15) is 9.90 Å². The number of anilines is 1. The van der Waals surface area contributed by atoms with Crippen LogP contribution in [0.4, 0.5) is 10.6 Å². The molecule has 1 saturated carbocycles. The van der Waals surface area contributed by atoms with Crippen LogP contribution in [0.25, 0.3) is 10.9 Å². The van der Waals surface area contributed by atoms with E-state index in [1.807, 2.05) is 18.2 Å². The summed E-state index contributed by atoms with van der Waals surface area (Å²) in [5.74, 6) is 1.97. The molecule has 0 radical (unpaired) electrons. The van der Waals surface area contributed by atoms with E-state index >= 15 is 0 Å². The van der Waals surface area contributed by atoms with Gasteiger partial charge in [-0.05, 0) is 65.2 Å². The van der Waals surface area contributed by atoms with Crippen LogP contribution in [0.5, 0.6) is 11.8 Å². The Labute approximate surface area is 241 Å². The maximum absolute atomic E-state index is 11.8. The summed E-state index contributed by atoms with van der Waals surface area (Å²) >= 11 is 3.90. The Morgan fingerprint density at radius 2 is 1.88 bits per heavy atom. The Balaban J connectivity index is 1.35. The molecule has 4 heterocycles. The van der Waals surface area contributed by atoms with Crippen LogP contribution in [0.3, 0.4) is 0 Å². The number of benzene rings is 2. The zero-order valence-corrected chi connectivity index (χ0v) is 24.0. The van der Waals surface area contributed by atoms with Crippen molar-refractivity contribution in [2.24, 2.45) is 0 Å². The Hall–Kier alpha value is -3.11. The minimum atomic E-state index is -0.853. The van der Waals surface area contributed by atoms with Crippen molar-refractivity contribution >= 4 is 38.7 Å². The minimum absolute atomic E-state index is 0.0154. The van der Waals surface area contributed by atoms with Crippen LogP contribution in [-0.2, 0) is 4.74 Å². The molecule has 3 atom stereocenters. The van der Waals surface area contributed by atoms with Gasteiger partial charge in [0.2, 0.25) is 0 Å². The van der Waals surface area contributed by atoms with E-state index in [0.29, 0.717) is 49.5 Å². The predicted octanol–water partition coefficient (Wildman–Crippen LogP) is 5.91. The molecular formula is C30H33BrN4O5. The first-order valence-corrected chi connectivity index (χ1v) is 15.0. The number of carbonyl (C=O) groups is 1. The van der Waals surface area contributed by atoms with Crippen molar-refractivity contribution in [2.45, 2.75) is 69.2 Å². The highest BCUT2D eigenvalue weighted by atomic mass is 79.9. The van der Waals surface area contributed by atoms with Crippen LogP contribution < -0.4 is 14.4 Å². The third-order valence-corrected chi connectivity index (χ3v) is 9.47. The Kier molecular flexibility index (Phi) is 6.70. The number of fused-ring (bicyclic) bond motifs is 3. The minimum Gasteiger partial charge on any atom is -0.483 e. The van der Waals surface area contributed by atoms with Crippen LogP contribution in [0.1, 0.15) is 62.2 Å². The smallest absolute Gasteiger partial charge is 0.407 e.